The lowest BCUT2D eigenvalue weighted by Crippen LogP contribution is -2.39. The van der Waals surface area contributed by atoms with Crippen LogP contribution in [0.5, 0.6) is 5.75 Å². The molecule has 6 heteroatoms. The Labute approximate surface area is 123 Å². The molecule has 0 fully saturated rings. The summed E-state index contributed by atoms with van der Waals surface area (Å²) in [6.07, 6.45) is 1.46. The minimum absolute atomic E-state index is 0.0190. The smallest absolute Gasteiger partial charge is 0.387 e. The maximum Gasteiger partial charge on any atom is 0.387 e. The summed E-state index contributed by atoms with van der Waals surface area (Å²) in [5.41, 5.74) is -0.112. The van der Waals surface area contributed by atoms with E-state index in [9.17, 15) is 18.7 Å². The SMILES string of the molecule is CCC(CC)(CO)CNC(=O)c1cccc(OC(F)F)c1. The molecule has 0 spiro atoms. The average Bonchev–Trinajstić information content (AvgIpc) is 2.48. The summed E-state index contributed by atoms with van der Waals surface area (Å²) in [7, 11) is 0. The first-order chi connectivity index (χ1) is 9.96. The Kier molecular flexibility index (Phi) is 6.55. The average molecular weight is 301 g/mol. The van der Waals surface area contributed by atoms with Gasteiger partial charge in [-0.15, -0.1) is 0 Å². The third-order valence-corrected chi connectivity index (χ3v) is 3.78. The predicted molar refractivity (Wildman–Crippen MR) is 75.5 cm³/mol. The van der Waals surface area contributed by atoms with Gasteiger partial charge in [0, 0.05) is 17.5 Å². The van der Waals surface area contributed by atoms with E-state index in [0.29, 0.717) is 6.54 Å². The zero-order valence-electron chi connectivity index (χ0n) is 12.2. The van der Waals surface area contributed by atoms with Gasteiger partial charge in [-0.05, 0) is 31.0 Å². The zero-order chi connectivity index (χ0) is 15.9. The van der Waals surface area contributed by atoms with Crippen molar-refractivity contribution in [2.24, 2.45) is 5.41 Å². The van der Waals surface area contributed by atoms with Crippen molar-refractivity contribution in [3.63, 3.8) is 0 Å². The lowest BCUT2D eigenvalue weighted by atomic mass is 9.83. The summed E-state index contributed by atoms with van der Waals surface area (Å²) in [5, 5.41) is 12.2. The van der Waals surface area contributed by atoms with Gasteiger partial charge in [-0.2, -0.15) is 8.78 Å². The Balaban J connectivity index is 2.71. The lowest BCUT2D eigenvalue weighted by Gasteiger charge is -2.29. The van der Waals surface area contributed by atoms with Gasteiger partial charge in [0.15, 0.2) is 0 Å². The van der Waals surface area contributed by atoms with Gasteiger partial charge in [0.2, 0.25) is 0 Å². The van der Waals surface area contributed by atoms with Crippen molar-refractivity contribution in [2.75, 3.05) is 13.2 Å². The third-order valence-electron chi connectivity index (χ3n) is 3.78. The van der Waals surface area contributed by atoms with Gasteiger partial charge < -0.3 is 15.2 Å². The van der Waals surface area contributed by atoms with Crippen LogP contribution in [-0.2, 0) is 0 Å². The van der Waals surface area contributed by atoms with E-state index in [4.69, 9.17) is 0 Å². The number of rotatable bonds is 8. The fourth-order valence-electron chi connectivity index (χ4n) is 1.96. The number of benzene rings is 1. The first-order valence-electron chi connectivity index (χ1n) is 6.90. The first-order valence-corrected chi connectivity index (χ1v) is 6.90. The van der Waals surface area contributed by atoms with Crippen molar-refractivity contribution in [1.29, 1.82) is 0 Å². The summed E-state index contributed by atoms with van der Waals surface area (Å²) in [6, 6.07) is 5.62. The standard InChI is InChI=1S/C15H21F2NO3/c1-3-15(4-2,10-19)9-18-13(20)11-6-5-7-12(8-11)21-14(16)17/h5-8,14,19H,3-4,9-10H2,1-2H3,(H,18,20). The highest BCUT2D eigenvalue weighted by Crippen LogP contribution is 2.24. The van der Waals surface area contributed by atoms with E-state index in [1.54, 1.807) is 0 Å². The highest BCUT2D eigenvalue weighted by molar-refractivity contribution is 5.94. The quantitative estimate of drug-likeness (QED) is 0.776. The molecule has 1 amide bonds. The number of aliphatic hydroxyl groups is 1. The van der Waals surface area contributed by atoms with Gasteiger partial charge >= 0.3 is 6.61 Å². The molecule has 0 unspecified atom stereocenters. The van der Waals surface area contributed by atoms with Gasteiger partial charge in [0.25, 0.3) is 5.91 Å². The molecule has 1 aromatic carbocycles. The summed E-state index contributed by atoms with van der Waals surface area (Å²) in [4.78, 5) is 12.0. The van der Waals surface area contributed by atoms with E-state index in [1.807, 2.05) is 13.8 Å². The molecule has 0 atom stereocenters. The molecule has 0 saturated carbocycles. The van der Waals surface area contributed by atoms with Crippen LogP contribution in [0.1, 0.15) is 37.0 Å². The second-order valence-corrected chi connectivity index (χ2v) is 4.95. The summed E-state index contributed by atoms with van der Waals surface area (Å²) in [6.45, 7) is 1.28. The van der Waals surface area contributed by atoms with E-state index in [2.05, 4.69) is 10.1 Å². The number of ether oxygens (including phenoxy) is 1. The number of hydrogen-bond acceptors (Lipinski definition) is 3. The topological polar surface area (TPSA) is 58.6 Å². The molecule has 0 saturated heterocycles. The normalized spacial score (nSPS) is 11.5. The molecule has 2 N–H and O–H groups in total. The van der Waals surface area contributed by atoms with Crippen LogP contribution in [0, 0.1) is 5.41 Å². The van der Waals surface area contributed by atoms with E-state index in [-0.39, 0.29) is 29.2 Å². The van der Waals surface area contributed by atoms with Crippen LogP contribution in [0.15, 0.2) is 24.3 Å². The van der Waals surface area contributed by atoms with Crippen LogP contribution in [0.25, 0.3) is 0 Å². The molecule has 0 bridgehead atoms. The monoisotopic (exact) mass is 301 g/mol. The van der Waals surface area contributed by atoms with Crippen LogP contribution in [0.2, 0.25) is 0 Å². The summed E-state index contributed by atoms with van der Waals surface area (Å²) in [5.74, 6) is -0.438. The van der Waals surface area contributed by atoms with Crippen molar-refractivity contribution in [3.05, 3.63) is 29.8 Å². The molecular weight excluding hydrogens is 280 g/mol. The van der Waals surface area contributed by atoms with Crippen molar-refractivity contribution in [1.82, 2.24) is 5.32 Å². The fourth-order valence-corrected chi connectivity index (χ4v) is 1.96. The molecule has 1 rings (SSSR count). The van der Waals surface area contributed by atoms with Crippen LogP contribution >= 0.6 is 0 Å². The number of halogens is 2. The minimum atomic E-state index is -2.93. The highest BCUT2D eigenvalue weighted by atomic mass is 19.3. The van der Waals surface area contributed by atoms with Gasteiger partial charge in [-0.3, -0.25) is 4.79 Å². The molecule has 0 aliphatic heterocycles. The Morgan fingerprint density at radius 2 is 2.05 bits per heavy atom. The Morgan fingerprint density at radius 3 is 2.57 bits per heavy atom. The molecule has 0 heterocycles. The van der Waals surface area contributed by atoms with E-state index >= 15 is 0 Å². The second kappa shape index (κ2) is 7.93. The Morgan fingerprint density at radius 1 is 1.38 bits per heavy atom. The second-order valence-electron chi connectivity index (χ2n) is 4.95. The van der Waals surface area contributed by atoms with E-state index in [0.717, 1.165) is 12.8 Å². The highest BCUT2D eigenvalue weighted by Gasteiger charge is 2.26. The molecule has 0 radical (unpaired) electrons. The number of carbonyl (C=O) groups is 1. The summed E-state index contributed by atoms with van der Waals surface area (Å²) >= 11 is 0. The van der Waals surface area contributed by atoms with Crippen LogP contribution in [0.4, 0.5) is 8.78 Å². The number of amides is 1. The van der Waals surface area contributed by atoms with Crippen LogP contribution in [-0.4, -0.2) is 30.8 Å². The molecule has 0 aromatic heterocycles. The Hall–Kier alpha value is -1.69. The van der Waals surface area contributed by atoms with Gasteiger partial charge in [0.1, 0.15) is 5.75 Å². The number of carbonyl (C=O) groups excluding carboxylic acids is 1. The van der Waals surface area contributed by atoms with Crippen molar-refractivity contribution in [3.8, 4) is 5.75 Å². The predicted octanol–water partition coefficient (Wildman–Crippen LogP) is 2.82. The maximum absolute atomic E-state index is 12.1. The minimum Gasteiger partial charge on any atom is -0.435 e. The number of nitrogens with one attached hydrogen (secondary N) is 1. The maximum atomic E-state index is 12.1. The molecule has 118 valence electrons. The molecule has 1 aromatic rings. The van der Waals surface area contributed by atoms with Crippen molar-refractivity contribution in [2.45, 2.75) is 33.3 Å². The van der Waals surface area contributed by atoms with E-state index < -0.39 is 6.61 Å². The number of hydrogen-bond donors (Lipinski definition) is 2. The molecule has 0 aliphatic carbocycles. The van der Waals surface area contributed by atoms with E-state index in [1.165, 1.54) is 24.3 Å². The van der Waals surface area contributed by atoms with Gasteiger partial charge in [-0.1, -0.05) is 19.9 Å². The largest absolute Gasteiger partial charge is 0.435 e. The number of alkyl halides is 2. The first kappa shape index (κ1) is 17.4. The van der Waals surface area contributed by atoms with Crippen molar-refractivity contribution < 1.29 is 23.4 Å². The number of aliphatic hydroxyl groups excluding tert-OH is 1. The molecule has 21 heavy (non-hydrogen) atoms. The van der Waals surface area contributed by atoms with Gasteiger partial charge in [-0.25, -0.2) is 0 Å². The third kappa shape index (κ3) is 4.97. The molecule has 0 aliphatic rings. The van der Waals surface area contributed by atoms with Gasteiger partial charge in [0.05, 0.1) is 6.61 Å². The fraction of sp³-hybridized carbons (Fsp3) is 0.533. The molecule has 4 nitrogen and oxygen atoms in total. The van der Waals surface area contributed by atoms with Crippen molar-refractivity contribution >= 4 is 5.91 Å². The Bertz CT molecular complexity index is 454. The van der Waals surface area contributed by atoms with Crippen LogP contribution < -0.4 is 10.1 Å². The van der Waals surface area contributed by atoms with Crippen LogP contribution in [0.3, 0.4) is 0 Å². The lowest BCUT2D eigenvalue weighted by molar-refractivity contribution is -0.0498. The summed E-state index contributed by atoms with van der Waals surface area (Å²) < 4.78 is 28.5. The zero-order valence-corrected chi connectivity index (χ0v) is 12.2. The molecular formula is C15H21F2NO3.